The van der Waals surface area contributed by atoms with E-state index in [1.807, 2.05) is 0 Å². The fraction of sp³-hybridized carbons (Fsp3) is 1.00. The highest BCUT2D eigenvalue weighted by Gasteiger charge is 2.22. The zero-order chi connectivity index (χ0) is 11.8. The first-order valence-electron chi connectivity index (χ1n) is 6.64. The van der Waals surface area contributed by atoms with Crippen molar-refractivity contribution in [2.75, 3.05) is 5.75 Å². The number of hydrogen-bond donors (Lipinski definition) is 0. The van der Waals surface area contributed by atoms with Gasteiger partial charge in [-0.1, -0.05) is 54.4 Å². The fourth-order valence-electron chi connectivity index (χ4n) is 2.15. The smallest absolute Gasteiger partial charge is 0.00983 e. The third-order valence-electron chi connectivity index (χ3n) is 2.93. The SMILES string of the molecule is CCCC(CC)C(SCC(C)C)C(C)C. The maximum Gasteiger partial charge on any atom is 0.00983 e. The molecule has 0 aromatic heterocycles. The molecule has 0 aliphatic carbocycles. The summed E-state index contributed by atoms with van der Waals surface area (Å²) >= 11 is 2.21. The predicted octanol–water partition coefficient (Wildman–Crippen LogP) is 5.23. The third-order valence-corrected chi connectivity index (χ3v) is 5.10. The normalized spacial score (nSPS) is 16.0. The van der Waals surface area contributed by atoms with Crippen molar-refractivity contribution in [1.82, 2.24) is 0 Å². The molecule has 0 radical (unpaired) electrons. The van der Waals surface area contributed by atoms with E-state index in [1.165, 1.54) is 25.0 Å². The van der Waals surface area contributed by atoms with E-state index in [9.17, 15) is 0 Å². The van der Waals surface area contributed by atoms with Crippen molar-refractivity contribution in [2.24, 2.45) is 17.8 Å². The van der Waals surface area contributed by atoms with Crippen molar-refractivity contribution >= 4 is 11.8 Å². The zero-order valence-corrected chi connectivity index (χ0v) is 12.4. The molecule has 0 saturated heterocycles. The summed E-state index contributed by atoms with van der Waals surface area (Å²) < 4.78 is 0. The largest absolute Gasteiger partial charge is 0.158 e. The molecule has 2 atom stereocenters. The standard InChI is InChI=1S/C14H30S/c1-7-9-13(8-2)14(12(5)6)15-10-11(3)4/h11-14H,7-10H2,1-6H3. The topological polar surface area (TPSA) is 0 Å². The summed E-state index contributed by atoms with van der Waals surface area (Å²) in [5.74, 6) is 3.91. The maximum absolute atomic E-state index is 2.39. The van der Waals surface area contributed by atoms with Gasteiger partial charge in [-0.15, -0.1) is 0 Å². The predicted molar refractivity (Wildman–Crippen MR) is 74.6 cm³/mol. The van der Waals surface area contributed by atoms with Crippen LogP contribution in [0.1, 0.15) is 60.8 Å². The Labute approximate surface area is 102 Å². The average Bonchev–Trinajstić information content (AvgIpc) is 2.15. The Morgan fingerprint density at radius 3 is 1.93 bits per heavy atom. The van der Waals surface area contributed by atoms with Crippen LogP contribution >= 0.6 is 11.8 Å². The van der Waals surface area contributed by atoms with E-state index in [4.69, 9.17) is 0 Å². The van der Waals surface area contributed by atoms with Gasteiger partial charge in [0.1, 0.15) is 0 Å². The number of hydrogen-bond acceptors (Lipinski definition) is 1. The van der Waals surface area contributed by atoms with Crippen molar-refractivity contribution in [1.29, 1.82) is 0 Å². The maximum atomic E-state index is 2.39. The Morgan fingerprint density at radius 1 is 1.00 bits per heavy atom. The summed E-state index contributed by atoms with van der Waals surface area (Å²) in [6.07, 6.45) is 4.09. The monoisotopic (exact) mass is 230 g/mol. The molecule has 0 N–H and O–H groups in total. The average molecular weight is 230 g/mol. The van der Waals surface area contributed by atoms with Gasteiger partial charge >= 0.3 is 0 Å². The van der Waals surface area contributed by atoms with Crippen LogP contribution < -0.4 is 0 Å². The quantitative estimate of drug-likeness (QED) is 0.550. The minimum Gasteiger partial charge on any atom is -0.158 e. The molecule has 0 heterocycles. The first kappa shape index (κ1) is 15.3. The van der Waals surface area contributed by atoms with Crippen LogP contribution in [0.3, 0.4) is 0 Å². The molecule has 0 rings (SSSR count). The Balaban J connectivity index is 4.21. The van der Waals surface area contributed by atoms with Gasteiger partial charge in [-0.25, -0.2) is 0 Å². The summed E-state index contributed by atoms with van der Waals surface area (Å²) in [6, 6.07) is 0. The van der Waals surface area contributed by atoms with Crippen molar-refractivity contribution in [3.8, 4) is 0 Å². The summed E-state index contributed by atoms with van der Waals surface area (Å²) in [7, 11) is 0. The second-order valence-electron chi connectivity index (χ2n) is 5.39. The van der Waals surface area contributed by atoms with Crippen LogP contribution in [0.2, 0.25) is 0 Å². The highest BCUT2D eigenvalue weighted by Crippen LogP contribution is 2.32. The van der Waals surface area contributed by atoms with Crippen LogP contribution in [0.15, 0.2) is 0 Å². The number of rotatable bonds is 8. The molecular formula is C14H30S. The van der Waals surface area contributed by atoms with Gasteiger partial charge in [0.05, 0.1) is 0 Å². The van der Waals surface area contributed by atoms with Gasteiger partial charge in [0, 0.05) is 5.25 Å². The molecule has 92 valence electrons. The van der Waals surface area contributed by atoms with E-state index < -0.39 is 0 Å². The van der Waals surface area contributed by atoms with Crippen molar-refractivity contribution in [3.63, 3.8) is 0 Å². The minimum atomic E-state index is 0.824. The van der Waals surface area contributed by atoms with Crippen molar-refractivity contribution in [3.05, 3.63) is 0 Å². The van der Waals surface area contributed by atoms with Crippen LogP contribution in [0.5, 0.6) is 0 Å². The van der Waals surface area contributed by atoms with Crippen LogP contribution in [-0.4, -0.2) is 11.0 Å². The second kappa shape index (κ2) is 8.50. The van der Waals surface area contributed by atoms with Gasteiger partial charge < -0.3 is 0 Å². The van der Waals surface area contributed by atoms with Crippen molar-refractivity contribution < 1.29 is 0 Å². The molecule has 1 heteroatoms. The molecule has 0 aromatic rings. The lowest BCUT2D eigenvalue weighted by Crippen LogP contribution is -2.23. The molecule has 0 aromatic carbocycles. The molecule has 2 unspecified atom stereocenters. The Hall–Kier alpha value is 0.350. The summed E-state index contributed by atoms with van der Waals surface area (Å²) in [5.41, 5.74) is 0. The van der Waals surface area contributed by atoms with E-state index in [2.05, 4.69) is 53.3 Å². The van der Waals surface area contributed by atoms with Gasteiger partial charge in [0.25, 0.3) is 0 Å². The molecular weight excluding hydrogens is 200 g/mol. The molecule has 0 aliphatic rings. The van der Waals surface area contributed by atoms with Crippen LogP contribution in [0, 0.1) is 17.8 Å². The number of thioether (sulfide) groups is 1. The third kappa shape index (κ3) is 6.50. The summed E-state index contributed by atoms with van der Waals surface area (Å²) in [6.45, 7) is 14.1. The molecule has 0 bridgehead atoms. The lowest BCUT2D eigenvalue weighted by molar-refractivity contribution is 0.387. The molecule has 0 amide bonds. The summed E-state index contributed by atoms with van der Waals surface area (Å²) in [4.78, 5) is 0. The molecule has 15 heavy (non-hydrogen) atoms. The highest BCUT2D eigenvalue weighted by molar-refractivity contribution is 7.99. The molecule has 0 saturated carbocycles. The van der Waals surface area contributed by atoms with Crippen LogP contribution in [-0.2, 0) is 0 Å². The molecule has 0 spiro atoms. The lowest BCUT2D eigenvalue weighted by Gasteiger charge is -2.29. The van der Waals surface area contributed by atoms with Gasteiger partial charge in [-0.05, 0) is 29.9 Å². The minimum absolute atomic E-state index is 0.824. The first-order valence-corrected chi connectivity index (χ1v) is 7.69. The van der Waals surface area contributed by atoms with Gasteiger partial charge in [0.15, 0.2) is 0 Å². The van der Waals surface area contributed by atoms with Crippen LogP contribution in [0.25, 0.3) is 0 Å². The van der Waals surface area contributed by atoms with Gasteiger partial charge in [-0.3, -0.25) is 0 Å². The fourth-order valence-corrected chi connectivity index (χ4v) is 3.74. The van der Waals surface area contributed by atoms with Gasteiger partial charge in [-0.2, -0.15) is 11.8 Å². The van der Waals surface area contributed by atoms with E-state index in [-0.39, 0.29) is 0 Å². The van der Waals surface area contributed by atoms with E-state index in [0.29, 0.717) is 0 Å². The van der Waals surface area contributed by atoms with Crippen molar-refractivity contribution in [2.45, 2.75) is 66.1 Å². The molecule has 0 fully saturated rings. The Kier molecular flexibility index (Phi) is 8.69. The zero-order valence-electron chi connectivity index (χ0n) is 11.5. The highest BCUT2D eigenvalue weighted by atomic mass is 32.2. The van der Waals surface area contributed by atoms with Gasteiger partial charge in [0.2, 0.25) is 0 Å². The van der Waals surface area contributed by atoms with E-state index in [0.717, 1.165) is 23.0 Å². The Morgan fingerprint density at radius 2 is 1.60 bits per heavy atom. The second-order valence-corrected chi connectivity index (χ2v) is 6.60. The molecule has 0 aliphatic heterocycles. The summed E-state index contributed by atoms with van der Waals surface area (Å²) in [5, 5.41) is 0.873. The van der Waals surface area contributed by atoms with E-state index >= 15 is 0 Å². The van der Waals surface area contributed by atoms with Crippen LogP contribution in [0.4, 0.5) is 0 Å². The Bertz CT molecular complexity index is 140. The first-order chi connectivity index (χ1) is 7.02. The van der Waals surface area contributed by atoms with E-state index in [1.54, 1.807) is 0 Å². The lowest BCUT2D eigenvalue weighted by atomic mass is 9.90. The molecule has 0 nitrogen and oxygen atoms in total.